The third kappa shape index (κ3) is 3.90. The summed E-state index contributed by atoms with van der Waals surface area (Å²) in [5, 5.41) is 16.6. The lowest BCUT2D eigenvalue weighted by Crippen LogP contribution is -2.51. The molecule has 4 N–H and O–H groups in total. The van der Waals surface area contributed by atoms with Crippen molar-refractivity contribution in [3.8, 4) is 0 Å². The standard InChI is InChI=1S/C11H19N3O4/c1-3-6(2)9(10(16)17)14-11(18)13-7-4-8(15)12-5-7/h6-7,9H,3-5H2,1-2H3,(H,12,15)(H,16,17)(H2,13,14,18)/t6?,7?,9-/m0/s1. The zero-order chi connectivity index (χ0) is 13.7. The summed E-state index contributed by atoms with van der Waals surface area (Å²) in [6, 6.07) is -1.74. The van der Waals surface area contributed by atoms with Crippen LogP contribution in [0.4, 0.5) is 4.79 Å². The van der Waals surface area contributed by atoms with Gasteiger partial charge in [-0.05, 0) is 5.92 Å². The van der Waals surface area contributed by atoms with E-state index in [2.05, 4.69) is 16.0 Å². The van der Waals surface area contributed by atoms with Gasteiger partial charge in [-0.1, -0.05) is 20.3 Å². The number of carbonyl (C=O) groups is 3. The van der Waals surface area contributed by atoms with Gasteiger partial charge in [-0.2, -0.15) is 0 Å². The first-order chi connectivity index (χ1) is 8.43. The van der Waals surface area contributed by atoms with E-state index in [9.17, 15) is 14.4 Å². The lowest BCUT2D eigenvalue weighted by Gasteiger charge is -2.21. The van der Waals surface area contributed by atoms with E-state index in [4.69, 9.17) is 5.11 Å². The summed E-state index contributed by atoms with van der Waals surface area (Å²) in [5.41, 5.74) is 0. The Morgan fingerprint density at radius 3 is 2.67 bits per heavy atom. The number of hydrogen-bond donors (Lipinski definition) is 4. The molecule has 0 spiro atoms. The Kier molecular flexibility index (Phi) is 4.94. The monoisotopic (exact) mass is 257 g/mol. The zero-order valence-electron chi connectivity index (χ0n) is 10.5. The lowest BCUT2D eigenvalue weighted by molar-refractivity contribution is -0.140. The predicted molar refractivity (Wildman–Crippen MR) is 64.0 cm³/mol. The molecule has 0 aliphatic carbocycles. The van der Waals surface area contributed by atoms with Crippen molar-refractivity contribution in [1.29, 1.82) is 0 Å². The Hall–Kier alpha value is -1.79. The highest BCUT2D eigenvalue weighted by atomic mass is 16.4. The van der Waals surface area contributed by atoms with Crippen molar-refractivity contribution in [3.63, 3.8) is 0 Å². The molecule has 2 unspecified atom stereocenters. The molecule has 18 heavy (non-hydrogen) atoms. The van der Waals surface area contributed by atoms with Gasteiger partial charge < -0.3 is 21.1 Å². The molecule has 1 aliphatic heterocycles. The van der Waals surface area contributed by atoms with Crippen LogP contribution in [0.1, 0.15) is 26.7 Å². The maximum atomic E-state index is 11.6. The van der Waals surface area contributed by atoms with E-state index < -0.39 is 18.0 Å². The van der Waals surface area contributed by atoms with E-state index >= 15 is 0 Å². The maximum absolute atomic E-state index is 11.6. The second-order valence-electron chi connectivity index (χ2n) is 4.52. The highest BCUT2D eigenvalue weighted by Crippen LogP contribution is 2.08. The van der Waals surface area contributed by atoms with E-state index in [0.717, 1.165) is 0 Å². The molecule has 3 atom stereocenters. The van der Waals surface area contributed by atoms with Gasteiger partial charge in [0.05, 0.1) is 6.04 Å². The predicted octanol–water partition coefficient (Wildman–Crippen LogP) is -0.327. The fourth-order valence-electron chi connectivity index (χ4n) is 1.76. The number of hydrogen-bond acceptors (Lipinski definition) is 3. The molecule has 3 amide bonds. The van der Waals surface area contributed by atoms with E-state index in [-0.39, 0.29) is 24.3 Å². The van der Waals surface area contributed by atoms with Crippen LogP contribution >= 0.6 is 0 Å². The number of carboxylic acids is 1. The average molecular weight is 257 g/mol. The molecular formula is C11H19N3O4. The highest BCUT2D eigenvalue weighted by Gasteiger charge is 2.28. The van der Waals surface area contributed by atoms with Crippen molar-refractivity contribution in [2.45, 2.75) is 38.8 Å². The van der Waals surface area contributed by atoms with Crippen LogP contribution < -0.4 is 16.0 Å². The molecule has 102 valence electrons. The molecule has 0 saturated carbocycles. The number of aliphatic carboxylic acids is 1. The Balaban J connectivity index is 2.46. The molecule has 0 aromatic rings. The van der Waals surface area contributed by atoms with Crippen LogP contribution in [0.5, 0.6) is 0 Å². The molecule has 1 fully saturated rings. The van der Waals surface area contributed by atoms with Gasteiger partial charge in [-0.25, -0.2) is 9.59 Å². The van der Waals surface area contributed by atoms with E-state index in [1.165, 1.54) is 0 Å². The second kappa shape index (κ2) is 6.23. The van der Waals surface area contributed by atoms with E-state index in [0.29, 0.717) is 13.0 Å². The summed E-state index contributed by atoms with van der Waals surface area (Å²) in [5.74, 6) is -1.33. The van der Waals surface area contributed by atoms with Crippen LogP contribution in [0, 0.1) is 5.92 Å². The number of amides is 3. The number of rotatable bonds is 5. The van der Waals surface area contributed by atoms with Crippen LogP contribution in [-0.2, 0) is 9.59 Å². The molecule has 1 heterocycles. The third-order valence-corrected chi connectivity index (χ3v) is 3.08. The molecule has 1 rings (SSSR count). The lowest BCUT2D eigenvalue weighted by atomic mass is 9.99. The van der Waals surface area contributed by atoms with Crippen LogP contribution in [0.15, 0.2) is 0 Å². The first-order valence-electron chi connectivity index (χ1n) is 6.00. The smallest absolute Gasteiger partial charge is 0.326 e. The molecule has 0 aromatic carbocycles. The topological polar surface area (TPSA) is 108 Å². The minimum absolute atomic E-state index is 0.114. The first kappa shape index (κ1) is 14.3. The Labute approximate surface area is 105 Å². The normalized spacial score (nSPS) is 21.9. The minimum Gasteiger partial charge on any atom is -0.480 e. The summed E-state index contributed by atoms with van der Waals surface area (Å²) in [4.78, 5) is 33.6. The first-order valence-corrected chi connectivity index (χ1v) is 6.00. The summed E-state index contributed by atoms with van der Waals surface area (Å²) >= 11 is 0. The summed E-state index contributed by atoms with van der Waals surface area (Å²) in [7, 11) is 0. The highest BCUT2D eigenvalue weighted by molar-refractivity contribution is 5.84. The number of carboxylic acid groups (broad SMARTS) is 1. The summed E-state index contributed by atoms with van der Waals surface area (Å²) < 4.78 is 0. The Morgan fingerprint density at radius 1 is 1.56 bits per heavy atom. The molecule has 7 heteroatoms. The Morgan fingerprint density at radius 2 is 2.22 bits per heavy atom. The molecule has 0 aromatic heterocycles. The van der Waals surface area contributed by atoms with Gasteiger partial charge in [0.2, 0.25) is 5.91 Å². The Bertz CT molecular complexity index is 345. The van der Waals surface area contributed by atoms with Crippen LogP contribution in [0.2, 0.25) is 0 Å². The van der Waals surface area contributed by atoms with Crippen molar-refractivity contribution in [3.05, 3.63) is 0 Å². The number of nitrogens with one attached hydrogen (secondary N) is 3. The van der Waals surface area contributed by atoms with Crippen molar-refractivity contribution in [1.82, 2.24) is 16.0 Å². The fraction of sp³-hybridized carbons (Fsp3) is 0.727. The van der Waals surface area contributed by atoms with Crippen molar-refractivity contribution in [2.75, 3.05) is 6.54 Å². The van der Waals surface area contributed by atoms with Gasteiger partial charge in [0, 0.05) is 13.0 Å². The van der Waals surface area contributed by atoms with Crippen molar-refractivity contribution < 1.29 is 19.5 Å². The van der Waals surface area contributed by atoms with Crippen LogP contribution in [0.3, 0.4) is 0 Å². The molecule has 1 saturated heterocycles. The van der Waals surface area contributed by atoms with Crippen LogP contribution in [-0.4, -0.2) is 41.6 Å². The largest absolute Gasteiger partial charge is 0.480 e. The van der Waals surface area contributed by atoms with Gasteiger partial charge in [-0.3, -0.25) is 4.79 Å². The average Bonchev–Trinajstić information content (AvgIpc) is 2.70. The summed E-state index contributed by atoms with van der Waals surface area (Å²) in [6.45, 7) is 4.01. The minimum atomic E-state index is -1.06. The summed E-state index contributed by atoms with van der Waals surface area (Å²) in [6.07, 6.45) is 0.884. The van der Waals surface area contributed by atoms with Gasteiger partial charge in [0.25, 0.3) is 0 Å². The second-order valence-corrected chi connectivity index (χ2v) is 4.52. The van der Waals surface area contributed by atoms with Crippen molar-refractivity contribution in [2.24, 2.45) is 5.92 Å². The van der Waals surface area contributed by atoms with Gasteiger partial charge >= 0.3 is 12.0 Å². The van der Waals surface area contributed by atoms with E-state index in [1.54, 1.807) is 6.92 Å². The van der Waals surface area contributed by atoms with Gasteiger partial charge in [-0.15, -0.1) is 0 Å². The van der Waals surface area contributed by atoms with Gasteiger partial charge in [0.15, 0.2) is 0 Å². The third-order valence-electron chi connectivity index (χ3n) is 3.08. The number of urea groups is 1. The zero-order valence-corrected chi connectivity index (χ0v) is 10.5. The molecular weight excluding hydrogens is 238 g/mol. The molecule has 1 aliphatic rings. The van der Waals surface area contributed by atoms with Crippen LogP contribution in [0.25, 0.3) is 0 Å². The molecule has 0 bridgehead atoms. The quantitative estimate of drug-likeness (QED) is 0.541. The maximum Gasteiger partial charge on any atom is 0.326 e. The SMILES string of the molecule is CCC(C)[C@H](NC(=O)NC1CNC(=O)C1)C(=O)O. The number of carbonyl (C=O) groups excluding carboxylic acids is 2. The van der Waals surface area contributed by atoms with Crippen molar-refractivity contribution >= 4 is 17.9 Å². The van der Waals surface area contributed by atoms with Gasteiger partial charge in [0.1, 0.15) is 6.04 Å². The molecule has 7 nitrogen and oxygen atoms in total. The van der Waals surface area contributed by atoms with E-state index in [1.807, 2.05) is 6.92 Å². The molecule has 0 radical (unpaired) electrons. The fourth-order valence-corrected chi connectivity index (χ4v) is 1.76.